The molecule has 0 aliphatic carbocycles. The monoisotopic (exact) mass is 179 g/mol. The predicted octanol–water partition coefficient (Wildman–Crippen LogP) is 0.415. The van der Waals surface area contributed by atoms with E-state index in [-0.39, 0.29) is 6.04 Å². The maximum absolute atomic E-state index is 9.90. The third-order valence-electron chi connectivity index (χ3n) is 2.39. The van der Waals surface area contributed by atoms with E-state index >= 15 is 0 Å². The predicted molar refractivity (Wildman–Crippen MR) is 53.1 cm³/mol. The molecule has 0 bridgehead atoms. The number of hydrogen-bond donors (Lipinski definition) is 2. The van der Waals surface area contributed by atoms with Gasteiger partial charge in [0.15, 0.2) is 0 Å². The largest absolute Gasteiger partial charge is 0.466 e. The maximum atomic E-state index is 9.90. The summed E-state index contributed by atoms with van der Waals surface area (Å²) in [4.78, 5) is 1.01. The number of aliphatic hydroxyl groups is 1. The first-order valence-electron chi connectivity index (χ1n) is 4.51. The van der Waals surface area contributed by atoms with Crippen LogP contribution in [0.15, 0.2) is 30.3 Å². The average molecular weight is 179 g/mol. The third kappa shape index (κ3) is 2.54. The quantitative estimate of drug-likeness (QED) is 0.646. The molecule has 3 atom stereocenters. The van der Waals surface area contributed by atoms with Crippen LogP contribution in [0, 0.1) is 7.05 Å². The van der Waals surface area contributed by atoms with Gasteiger partial charge in [0.1, 0.15) is 6.10 Å². The zero-order valence-electron chi connectivity index (χ0n) is 8.20. The van der Waals surface area contributed by atoms with Gasteiger partial charge in [-0.2, -0.15) is 7.05 Å². The molecule has 0 aliphatic heterocycles. The van der Waals surface area contributed by atoms with E-state index in [1.54, 1.807) is 0 Å². The van der Waals surface area contributed by atoms with Crippen molar-refractivity contribution in [3.05, 3.63) is 42.9 Å². The first-order chi connectivity index (χ1) is 6.13. The average Bonchev–Trinajstić information content (AvgIpc) is 2.17. The Bertz CT molecular complexity index is 246. The second-order valence-corrected chi connectivity index (χ2v) is 3.49. The summed E-state index contributed by atoms with van der Waals surface area (Å²) < 4.78 is 0. The van der Waals surface area contributed by atoms with Gasteiger partial charge in [-0.1, -0.05) is 30.3 Å². The smallest absolute Gasteiger partial charge is 0.128 e. The van der Waals surface area contributed by atoms with Crippen molar-refractivity contribution in [3.8, 4) is 0 Å². The van der Waals surface area contributed by atoms with Crippen LogP contribution in [0.4, 0.5) is 0 Å². The lowest BCUT2D eigenvalue weighted by molar-refractivity contribution is -0.863. The van der Waals surface area contributed by atoms with Crippen LogP contribution in [0.2, 0.25) is 0 Å². The van der Waals surface area contributed by atoms with E-state index in [0.717, 1.165) is 10.5 Å². The normalized spacial score (nSPS) is 17.8. The Morgan fingerprint density at radius 3 is 2.31 bits per heavy atom. The first-order valence-corrected chi connectivity index (χ1v) is 4.51. The lowest BCUT2D eigenvalue weighted by Crippen LogP contribution is -3.08. The summed E-state index contributed by atoms with van der Waals surface area (Å²) in [5.41, 5.74) is 0.956. The molecule has 2 N–H and O–H groups in total. The highest BCUT2D eigenvalue weighted by molar-refractivity contribution is 5.17. The van der Waals surface area contributed by atoms with Gasteiger partial charge < -0.3 is 10.0 Å². The molecular weight excluding hydrogens is 162 g/mol. The molecule has 0 heterocycles. The molecule has 2 nitrogen and oxygen atoms in total. The van der Waals surface area contributed by atoms with E-state index in [1.165, 1.54) is 0 Å². The van der Waals surface area contributed by atoms with E-state index in [4.69, 9.17) is 0 Å². The molecule has 72 valence electrons. The Morgan fingerprint density at radius 2 is 1.85 bits per heavy atom. The van der Waals surface area contributed by atoms with Gasteiger partial charge in [-0.05, 0) is 12.5 Å². The Balaban J connectivity index is 2.73. The molecule has 1 aromatic carbocycles. The van der Waals surface area contributed by atoms with Crippen molar-refractivity contribution in [1.82, 2.24) is 0 Å². The van der Waals surface area contributed by atoms with Gasteiger partial charge in [0.2, 0.25) is 0 Å². The van der Waals surface area contributed by atoms with E-state index < -0.39 is 6.10 Å². The van der Waals surface area contributed by atoms with Gasteiger partial charge in [-0.15, -0.1) is 0 Å². The molecule has 0 spiro atoms. The summed E-state index contributed by atoms with van der Waals surface area (Å²) in [5.74, 6) is 0. The number of nitrogens with one attached hydrogen (secondary N) is 1. The zero-order chi connectivity index (χ0) is 9.84. The first kappa shape index (κ1) is 10.2. The minimum absolute atomic E-state index is 0.113. The van der Waals surface area contributed by atoms with Gasteiger partial charge in [-0.3, -0.25) is 0 Å². The Morgan fingerprint density at radius 1 is 1.31 bits per heavy atom. The van der Waals surface area contributed by atoms with Crippen LogP contribution in [-0.4, -0.2) is 18.2 Å². The summed E-state index contributed by atoms with van der Waals surface area (Å²) in [6.45, 7) is 1.99. The fourth-order valence-corrected chi connectivity index (χ4v) is 1.21. The minimum atomic E-state index is -0.432. The number of quaternary nitrogens is 1. The van der Waals surface area contributed by atoms with Gasteiger partial charge in [0.05, 0.1) is 6.04 Å². The molecule has 0 aliphatic rings. The van der Waals surface area contributed by atoms with Crippen molar-refractivity contribution in [2.45, 2.75) is 19.1 Å². The maximum Gasteiger partial charge on any atom is 0.128 e. The van der Waals surface area contributed by atoms with Crippen LogP contribution in [0.1, 0.15) is 18.6 Å². The number of aliphatic hydroxyl groups excluding tert-OH is 1. The molecule has 0 saturated heterocycles. The van der Waals surface area contributed by atoms with Crippen LogP contribution in [0.5, 0.6) is 0 Å². The fourth-order valence-electron chi connectivity index (χ4n) is 1.21. The van der Waals surface area contributed by atoms with E-state index in [2.05, 4.69) is 7.05 Å². The van der Waals surface area contributed by atoms with Crippen molar-refractivity contribution >= 4 is 0 Å². The standard InChI is InChI=1S/C11H17NO/c1-9(12(2)3)11(13)10-7-5-4-6-8-10/h4-9,11-13H,2H2,1,3H3/t9-,11-/m0/s1. The zero-order valence-corrected chi connectivity index (χ0v) is 8.20. The summed E-state index contributed by atoms with van der Waals surface area (Å²) in [6.07, 6.45) is -0.432. The molecule has 0 fully saturated rings. The number of rotatable bonds is 3. The summed E-state index contributed by atoms with van der Waals surface area (Å²) >= 11 is 0. The molecule has 0 saturated carbocycles. The summed E-state index contributed by atoms with van der Waals surface area (Å²) in [7, 11) is 5.78. The van der Waals surface area contributed by atoms with Crippen LogP contribution in [0.3, 0.4) is 0 Å². The number of benzene rings is 1. The van der Waals surface area contributed by atoms with Crippen LogP contribution in [0.25, 0.3) is 0 Å². The van der Waals surface area contributed by atoms with E-state index in [9.17, 15) is 5.11 Å². The van der Waals surface area contributed by atoms with Crippen LogP contribution in [-0.2, 0) is 0 Å². The SMILES string of the molecule is [CH2-][NH+](C)[C@@H](C)[C@H](O)c1ccccc1. The molecule has 1 aromatic rings. The highest BCUT2D eigenvalue weighted by Crippen LogP contribution is 2.13. The van der Waals surface area contributed by atoms with Crippen molar-refractivity contribution in [2.75, 3.05) is 7.05 Å². The molecule has 13 heavy (non-hydrogen) atoms. The molecule has 0 radical (unpaired) electrons. The van der Waals surface area contributed by atoms with E-state index in [1.807, 2.05) is 44.3 Å². The molecule has 1 unspecified atom stereocenters. The number of hydrogen-bond acceptors (Lipinski definition) is 1. The lowest BCUT2D eigenvalue weighted by atomic mass is 10.0. The Kier molecular flexibility index (Phi) is 3.46. The highest BCUT2D eigenvalue weighted by Gasteiger charge is 2.18. The third-order valence-corrected chi connectivity index (χ3v) is 2.39. The summed E-state index contributed by atoms with van der Waals surface area (Å²) in [6, 6.07) is 9.80. The van der Waals surface area contributed by atoms with Crippen molar-refractivity contribution < 1.29 is 10.0 Å². The number of likely N-dealkylation sites (N-methyl/N-ethyl adjacent to an activating group) is 1. The Hall–Kier alpha value is -0.860. The summed E-state index contributed by atoms with van der Waals surface area (Å²) in [5, 5.41) is 9.90. The highest BCUT2D eigenvalue weighted by atomic mass is 16.3. The molecular formula is C11H17NO. The second kappa shape index (κ2) is 4.40. The molecule has 0 aromatic heterocycles. The molecule has 1 rings (SSSR count). The molecule has 0 amide bonds. The van der Waals surface area contributed by atoms with Crippen molar-refractivity contribution in [1.29, 1.82) is 0 Å². The topological polar surface area (TPSA) is 24.7 Å². The van der Waals surface area contributed by atoms with E-state index in [0.29, 0.717) is 0 Å². The van der Waals surface area contributed by atoms with Crippen molar-refractivity contribution in [2.24, 2.45) is 0 Å². The molecule has 2 heteroatoms. The minimum Gasteiger partial charge on any atom is -0.466 e. The van der Waals surface area contributed by atoms with Gasteiger partial charge >= 0.3 is 0 Å². The second-order valence-electron chi connectivity index (χ2n) is 3.49. The fraction of sp³-hybridized carbons (Fsp3) is 0.364. The van der Waals surface area contributed by atoms with Gasteiger partial charge in [-0.25, -0.2) is 0 Å². The van der Waals surface area contributed by atoms with Crippen molar-refractivity contribution in [3.63, 3.8) is 0 Å². The Labute approximate surface area is 79.8 Å². The van der Waals surface area contributed by atoms with Gasteiger partial charge in [0.25, 0.3) is 0 Å². The van der Waals surface area contributed by atoms with Crippen LogP contribution >= 0.6 is 0 Å². The van der Waals surface area contributed by atoms with Crippen LogP contribution < -0.4 is 4.90 Å². The van der Waals surface area contributed by atoms with Gasteiger partial charge in [0, 0.05) is 7.05 Å². The lowest BCUT2D eigenvalue weighted by Gasteiger charge is -2.27.